The Balaban J connectivity index is 1.46. The largest absolute Gasteiger partial charge is 0.393 e. The maximum Gasteiger partial charge on any atom is 0.127 e. The molecule has 25 heavy (non-hydrogen) atoms. The van der Waals surface area contributed by atoms with Crippen LogP contribution in [0.15, 0.2) is 0 Å². The van der Waals surface area contributed by atoms with E-state index in [1.807, 2.05) is 0 Å². The van der Waals surface area contributed by atoms with Gasteiger partial charge in [0.2, 0.25) is 0 Å². The molecule has 1 aliphatic heterocycles. The zero-order valence-electron chi connectivity index (χ0n) is 16.5. The predicted octanol–water partition coefficient (Wildman–Crippen LogP) is 4.05. The van der Waals surface area contributed by atoms with E-state index in [-0.39, 0.29) is 11.8 Å². The SMILES string of the molecule is CN1CCO[C@]12CC[C@@H]1[C@H]3CC[C@H]4C[C@@H](O)CC[C@]4(C)[C@H]3CC[C@@]12C. The highest BCUT2D eigenvalue weighted by Crippen LogP contribution is 2.69. The van der Waals surface area contributed by atoms with Gasteiger partial charge in [0.05, 0.1) is 12.7 Å². The molecule has 0 bridgehead atoms. The van der Waals surface area contributed by atoms with Crippen molar-refractivity contribution >= 4 is 0 Å². The molecule has 3 heteroatoms. The molecule has 0 unspecified atom stereocenters. The lowest BCUT2D eigenvalue weighted by molar-refractivity contribution is -0.196. The fraction of sp³-hybridized carbons (Fsp3) is 1.00. The molecule has 8 atom stereocenters. The van der Waals surface area contributed by atoms with E-state index in [4.69, 9.17) is 4.74 Å². The van der Waals surface area contributed by atoms with E-state index in [9.17, 15) is 5.11 Å². The molecule has 0 aromatic rings. The molecule has 4 aliphatic carbocycles. The molecule has 4 saturated carbocycles. The monoisotopic (exact) mass is 347 g/mol. The highest BCUT2D eigenvalue weighted by molar-refractivity contribution is 5.15. The predicted molar refractivity (Wildman–Crippen MR) is 99.0 cm³/mol. The summed E-state index contributed by atoms with van der Waals surface area (Å²) in [5.74, 6) is 3.39. The van der Waals surface area contributed by atoms with Gasteiger partial charge >= 0.3 is 0 Å². The van der Waals surface area contributed by atoms with Crippen LogP contribution in [0.3, 0.4) is 0 Å². The Hall–Kier alpha value is -0.120. The minimum Gasteiger partial charge on any atom is -0.393 e. The van der Waals surface area contributed by atoms with Crippen molar-refractivity contribution in [3.05, 3.63) is 0 Å². The molecule has 5 aliphatic rings. The number of hydrogen-bond acceptors (Lipinski definition) is 3. The average molecular weight is 348 g/mol. The third-order valence-corrected chi connectivity index (χ3v) is 10.1. The normalized spacial score (nSPS) is 58.8. The molecule has 1 spiro atoms. The van der Waals surface area contributed by atoms with Crippen LogP contribution in [-0.2, 0) is 4.74 Å². The van der Waals surface area contributed by atoms with Gasteiger partial charge in [-0.05, 0) is 93.9 Å². The van der Waals surface area contributed by atoms with Gasteiger partial charge in [-0.2, -0.15) is 0 Å². The Morgan fingerprint density at radius 1 is 0.960 bits per heavy atom. The van der Waals surface area contributed by atoms with Crippen molar-refractivity contribution in [3.8, 4) is 0 Å². The number of ether oxygens (including phenoxy) is 1. The smallest absolute Gasteiger partial charge is 0.127 e. The van der Waals surface area contributed by atoms with Crippen LogP contribution in [0.4, 0.5) is 0 Å². The average Bonchev–Trinajstić information content (AvgIpc) is 3.10. The Morgan fingerprint density at radius 2 is 1.76 bits per heavy atom. The minimum absolute atomic E-state index is 0.0289. The highest BCUT2D eigenvalue weighted by atomic mass is 16.5. The van der Waals surface area contributed by atoms with Crippen molar-refractivity contribution in [2.24, 2.45) is 34.5 Å². The second-order valence-corrected chi connectivity index (χ2v) is 10.6. The van der Waals surface area contributed by atoms with Gasteiger partial charge in [-0.15, -0.1) is 0 Å². The molecule has 0 aromatic carbocycles. The van der Waals surface area contributed by atoms with E-state index >= 15 is 0 Å². The Labute approximate surface area is 153 Å². The van der Waals surface area contributed by atoms with Crippen molar-refractivity contribution in [1.82, 2.24) is 4.90 Å². The summed E-state index contributed by atoms with van der Waals surface area (Å²) in [6.07, 6.45) is 11.4. The summed E-state index contributed by atoms with van der Waals surface area (Å²) in [5.41, 5.74) is 0.863. The van der Waals surface area contributed by atoms with Crippen LogP contribution in [0.5, 0.6) is 0 Å². The number of hydrogen-bond donors (Lipinski definition) is 1. The quantitative estimate of drug-likeness (QED) is 0.717. The lowest BCUT2D eigenvalue weighted by Gasteiger charge is -2.62. The van der Waals surface area contributed by atoms with Crippen molar-refractivity contribution in [3.63, 3.8) is 0 Å². The van der Waals surface area contributed by atoms with Gasteiger partial charge in [-0.1, -0.05) is 13.8 Å². The minimum atomic E-state index is -0.0289. The summed E-state index contributed by atoms with van der Waals surface area (Å²) in [6.45, 7) is 7.19. The third kappa shape index (κ3) is 2.04. The molecule has 1 heterocycles. The van der Waals surface area contributed by atoms with Crippen LogP contribution in [0.25, 0.3) is 0 Å². The van der Waals surface area contributed by atoms with Gasteiger partial charge in [0.1, 0.15) is 5.72 Å². The molecule has 3 nitrogen and oxygen atoms in total. The molecular formula is C22H37NO2. The maximum atomic E-state index is 10.2. The first-order chi connectivity index (χ1) is 11.9. The second kappa shape index (κ2) is 5.45. The van der Waals surface area contributed by atoms with E-state index in [1.54, 1.807) is 0 Å². The van der Waals surface area contributed by atoms with Crippen LogP contribution < -0.4 is 0 Å². The summed E-state index contributed by atoms with van der Waals surface area (Å²) in [7, 11) is 2.30. The zero-order valence-corrected chi connectivity index (χ0v) is 16.5. The van der Waals surface area contributed by atoms with Crippen molar-refractivity contribution in [2.75, 3.05) is 20.2 Å². The van der Waals surface area contributed by atoms with E-state index in [0.29, 0.717) is 10.8 Å². The van der Waals surface area contributed by atoms with Crippen molar-refractivity contribution < 1.29 is 9.84 Å². The number of likely N-dealkylation sites (N-methyl/N-ethyl adjacent to an activating group) is 1. The molecule has 5 rings (SSSR count). The van der Waals surface area contributed by atoms with E-state index in [2.05, 4.69) is 25.8 Å². The van der Waals surface area contributed by atoms with Gasteiger partial charge < -0.3 is 9.84 Å². The third-order valence-electron chi connectivity index (χ3n) is 10.1. The van der Waals surface area contributed by atoms with E-state index in [0.717, 1.165) is 49.7 Å². The van der Waals surface area contributed by atoms with Crippen LogP contribution in [0.2, 0.25) is 0 Å². The van der Waals surface area contributed by atoms with Gasteiger partial charge in [-0.25, -0.2) is 0 Å². The van der Waals surface area contributed by atoms with Gasteiger partial charge in [-0.3, -0.25) is 4.90 Å². The summed E-state index contributed by atoms with van der Waals surface area (Å²) in [5, 5.41) is 10.2. The molecular weight excluding hydrogens is 310 g/mol. The molecule has 0 amide bonds. The number of aliphatic hydroxyl groups excluding tert-OH is 1. The number of fused-ring (bicyclic) bond motifs is 6. The molecule has 1 N–H and O–H groups in total. The highest BCUT2D eigenvalue weighted by Gasteiger charge is 2.67. The van der Waals surface area contributed by atoms with Gasteiger partial charge in [0.25, 0.3) is 0 Å². The van der Waals surface area contributed by atoms with Gasteiger partial charge in [0, 0.05) is 12.0 Å². The van der Waals surface area contributed by atoms with E-state index in [1.165, 1.54) is 44.9 Å². The topological polar surface area (TPSA) is 32.7 Å². The van der Waals surface area contributed by atoms with Crippen molar-refractivity contribution in [2.45, 2.75) is 83.5 Å². The summed E-state index contributed by atoms with van der Waals surface area (Å²) >= 11 is 0. The number of rotatable bonds is 0. The first-order valence-electron chi connectivity index (χ1n) is 10.9. The Bertz CT molecular complexity index is 552. The summed E-state index contributed by atoms with van der Waals surface area (Å²) in [4.78, 5) is 2.55. The number of nitrogens with zero attached hydrogens (tertiary/aromatic N) is 1. The second-order valence-electron chi connectivity index (χ2n) is 10.6. The Kier molecular flexibility index (Phi) is 3.71. The summed E-state index contributed by atoms with van der Waals surface area (Å²) in [6, 6.07) is 0. The van der Waals surface area contributed by atoms with Crippen molar-refractivity contribution in [1.29, 1.82) is 0 Å². The van der Waals surface area contributed by atoms with Gasteiger partial charge in [0.15, 0.2) is 0 Å². The molecule has 1 saturated heterocycles. The molecule has 5 fully saturated rings. The molecule has 0 aromatic heterocycles. The first kappa shape index (κ1) is 17.0. The zero-order chi connectivity index (χ0) is 17.4. The van der Waals surface area contributed by atoms with Crippen LogP contribution >= 0.6 is 0 Å². The Morgan fingerprint density at radius 3 is 2.52 bits per heavy atom. The molecule has 142 valence electrons. The number of aliphatic hydroxyl groups is 1. The standard InChI is InChI=1S/C22H37NO2/c1-20-9-6-16(24)14-15(20)4-5-17-18(20)7-10-21(2)19(17)8-11-22(21)23(3)12-13-25-22/h15-19,24H,4-14H2,1-3H3/t15-,16-,17-,18-,19+,20-,21-,22-/m0/s1. The first-order valence-corrected chi connectivity index (χ1v) is 10.9. The van der Waals surface area contributed by atoms with Crippen LogP contribution in [-0.4, -0.2) is 42.0 Å². The lowest BCUT2D eigenvalue weighted by Crippen LogP contribution is -2.59. The fourth-order valence-electron chi connectivity index (χ4n) is 8.72. The summed E-state index contributed by atoms with van der Waals surface area (Å²) < 4.78 is 6.50. The molecule has 0 radical (unpaired) electrons. The fourth-order valence-corrected chi connectivity index (χ4v) is 8.72. The van der Waals surface area contributed by atoms with E-state index < -0.39 is 0 Å². The van der Waals surface area contributed by atoms with Crippen LogP contribution in [0, 0.1) is 34.5 Å². The van der Waals surface area contributed by atoms with Crippen LogP contribution in [0.1, 0.15) is 71.6 Å². The maximum absolute atomic E-state index is 10.2. The lowest BCUT2D eigenvalue weighted by atomic mass is 9.44.